The van der Waals surface area contributed by atoms with Crippen molar-refractivity contribution in [2.75, 3.05) is 16.8 Å². The highest BCUT2D eigenvalue weighted by Crippen LogP contribution is 2.32. The number of carbonyl (C=O) groups excluding carboxylic acids is 1. The van der Waals surface area contributed by atoms with Crippen LogP contribution in [0.25, 0.3) is 11.0 Å². The molecule has 2 aromatic heterocycles. The summed E-state index contributed by atoms with van der Waals surface area (Å²) in [6.07, 6.45) is 0.436. The van der Waals surface area contributed by atoms with E-state index in [1.165, 1.54) is 6.07 Å². The fraction of sp³-hybridized carbons (Fsp3) is 0.429. The van der Waals surface area contributed by atoms with Crippen molar-refractivity contribution in [2.24, 2.45) is 0 Å². The van der Waals surface area contributed by atoms with Crippen molar-refractivity contribution in [1.29, 1.82) is 0 Å². The van der Waals surface area contributed by atoms with Crippen LogP contribution in [0.5, 0.6) is 0 Å². The maximum atomic E-state index is 14.0. The molecule has 9 heteroatoms. The molecule has 3 heterocycles. The Labute approximate surface area is 174 Å². The molecular formula is C21H24FN3O4S. The minimum absolute atomic E-state index is 0.0132. The Hall–Kier alpha value is -2.68. The fourth-order valence-electron chi connectivity index (χ4n) is 3.70. The highest BCUT2D eigenvalue weighted by Gasteiger charge is 2.33. The number of hydrogen-bond acceptors (Lipinski definition) is 5. The molecule has 1 amide bonds. The third-order valence-electron chi connectivity index (χ3n) is 5.42. The van der Waals surface area contributed by atoms with Crippen molar-refractivity contribution < 1.29 is 22.0 Å². The molecule has 0 radical (unpaired) electrons. The zero-order valence-corrected chi connectivity index (χ0v) is 18.1. The van der Waals surface area contributed by atoms with Crippen LogP contribution in [0.15, 0.2) is 28.7 Å². The molecule has 1 fully saturated rings. The van der Waals surface area contributed by atoms with Crippen LogP contribution in [0.3, 0.4) is 0 Å². The number of anilines is 1. The molecule has 1 N–H and O–H groups in total. The summed E-state index contributed by atoms with van der Waals surface area (Å²) in [5.74, 6) is -0.587. The molecule has 3 aromatic rings. The van der Waals surface area contributed by atoms with Gasteiger partial charge in [0.25, 0.3) is 5.91 Å². The third-order valence-corrected chi connectivity index (χ3v) is 7.17. The summed E-state index contributed by atoms with van der Waals surface area (Å²) < 4.78 is 45.1. The van der Waals surface area contributed by atoms with E-state index in [4.69, 9.17) is 4.42 Å². The normalized spacial score (nSPS) is 18.8. The minimum atomic E-state index is -3.13. The number of nitrogens with one attached hydrogen (secondary N) is 1. The van der Waals surface area contributed by atoms with Gasteiger partial charge in [0.05, 0.1) is 23.2 Å². The number of halogens is 1. The molecule has 0 spiro atoms. The van der Waals surface area contributed by atoms with Gasteiger partial charge in [0, 0.05) is 22.4 Å². The van der Waals surface area contributed by atoms with Crippen molar-refractivity contribution in [3.05, 3.63) is 47.1 Å². The lowest BCUT2D eigenvalue weighted by molar-refractivity contribution is 0.0996. The van der Waals surface area contributed by atoms with Crippen molar-refractivity contribution in [3.63, 3.8) is 0 Å². The van der Waals surface area contributed by atoms with E-state index < -0.39 is 21.6 Å². The van der Waals surface area contributed by atoms with Crippen LogP contribution >= 0.6 is 0 Å². The number of furan rings is 1. The molecule has 1 atom stereocenters. The lowest BCUT2D eigenvalue weighted by atomic mass is 9.92. The number of para-hydroxylation sites is 1. The Morgan fingerprint density at radius 1 is 1.33 bits per heavy atom. The summed E-state index contributed by atoms with van der Waals surface area (Å²) in [7, 11) is -3.13. The largest absolute Gasteiger partial charge is 0.448 e. The number of amides is 1. The lowest BCUT2D eigenvalue weighted by Crippen LogP contribution is -2.20. The van der Waals surface area contributed by atoms with Gasteiger partial charge in [-0.2, -0.15) is 5.10 Å². The first kappa shape index (κ1) is 20.6. The summed E-state index contributed by atoms with van der Waals surface area (Å²) >= 11 is 0. The highest BCUT2D eigenvalue weighted by atomic mass is 32.2. The summed E-state index contributed by atoms with van der Waals surface area (Å²) in [6.45, 7) is 7.66. The van der Waals surface area contributed by atoms with Gasteiger partial charge in [-0.25, -0.2) is 17.5 Å². The van der Waals surface area contributed by atoms with Crippen molar-refractivity contribution in [3.8, 4) is 0 Å². The fourth-order valence-corrected chi connectivity index (χ4v) is 5.39. The quantitative estimate of drug-likeness (QED) is 0.674. The topological polar surface area (TPSA) is 94.2 Å². The Morgan fingerprint density at radius 3 is 2.67 bits per heavy atom. The number of rotatable bonds is 3. The van der Waals surface area contributed by atoms with Crippen molar-refractivity contribution in [1.82, 2.24) is 9.78 Å². The van der Waals surface area contributed by atoms with E-state index in [1.54, 1.807) is 29.8 Å². The SMILES string of the molecule is Cc1c(C(=O)Nc2cc(C(C)(C)C)nn2[C@@H]2CCS(=O)(=O)C2)oc2c(F)cccc12. The van der Waals surface area contributed by atoms with Crippen LogP contribution in [-0.2, 0) is 15.3 Å². The number of nitrogens with zero attached hydrogens (tertiary/aromatic N) is 2. The second-order valence-corrected chi connectivity index (χ2v) is 11.0. The second kappa shape index (κ2) is 6.94. The van der Waals surface area contributed by atoms with E-state index in [-0.39, 0.29) is 34.3 Å². The van der Waals surface area contributed by atoms with Gasteiger partial charge in [-0.1, -0.05) is 32.9 Å². The maximum absolute atomic E-state index is 14.0. The number of sulfone groups is 1. The molecule has 30 heavy (non-hydrogen) atoms. The number of aromatic nitrogens is 2. The Kier molecular flexibility index (Phi) is 4.76. The van der Waals surface area contributed by atoms with Gasteiger partial charge in [0.1, 0.15) is 5.82 Å². The van der Waals surface area contributed by atoms with Gasteiger partial charge >= 0.3 is 0 Å². The smallest absolute Gasteiger partial charge is 0.292 e. The van der Waals surface area contributed by atoms with Crippen molar-refractivity contribution in [2.45, 2.75) is 45.6 Å². The predicted molar refractivity (Wildman–Crippen MR) is 112 cm³/mol. The minimum Gasteiger partial charge on any atom is -0.448 e. The number of fused-ring (bicyclic) bond motifs is 1. The van der Waals surface area contributed by atoms with Gasteiger partial charge in [-0.3, -0.25) is 4.79 Å². The van der Waals surface area contributed by atoms with E-state index in [2.05, 4.69) is 10.4 Å². The third kappa shape index (κ3) is 3.62. The van der Waals surface area contributed by atoms with Crippen LogP contribution in [0.1, 0.15) is 55.0 Å². The van der Waals surface area contributed by atoms with Gasteiger partial charge < -0.3 is 9.73 Å². The number of carbonyl (C=O) groups is 1. The number of hydrogen-bond donors (Lipinski definition) is 1. The van der Waals surface area contributed by atoms with Crippen LogP contribution < -0.4 is 5.32 Å². The van der Waals surface area contributed by atoms with Gasteiger partial charge in [0.15, 0.2) is 27.0 Å². The van der Waals surface area contributed by atoms with Crippen LogP contribution in [-0.4, -0.2) is 35.6 Å². The first-order valence-electron chi connectivity index (χ1n) is 9.76. The van der Waals surface area contributed by atoms with E-state index in [0.29, 0.717) is 23.2 Å². The molecule has 1 aliphatic heterocycles. The van der Waals surface area contributed by atoms with Crippen LogP contribution in [0, 0.1) is 12.7 Å². The summed E-state index contributed by atoms with van der Waals surface area (Å²) in [6, 6.07) is 5.93. The molecule has 160 valence electrons. The van der Waals surface area contributed by atoms with Crippen molar-refractivity contribution >= 4 is 32.5 Å². The first-order chi connectivity index (χ1) is 14.0. The average Bonchev–Trinajstić information content (AvgIpc) is 3.31. The zero-order valence-electron chi connectivity index (χ0n) is 17.3. The second-order valence-electron chi connectivity index (χ2n) is 8.79. The molecule has 0 aliphatic carbocycles. The van der Waals surface area contributed by atoms with E-state index in [9.17, 15) is 17.6 Å². The Balaban J connectivity index is 1.72. The molecule has 1 aromatic carbocycles. The first-order valence-corrected chi connectivity index (χ1v) is 11.6. The van der Waals surface area contributed by atoms with Gasteiger partial charge in [0.2, 0.25) is 0 Å². The molecular weight excluding hydrogens is 409 g/mol. The average molecular weight is 434 g/mol. The standard InChI is InChI=1S/C21H24FN3O4S/c1-12-14-6-5-7-15(22)19(14)29-18(12)20(26)23-17-10-16(21(2,3)4)24-25(17)13-8-9-30(27,28)11-13/h5-7,10,13H,8-9,11H2,1-4H3,(H,23,26)/t13-/m1/s1. The molecule has 0 bridgehead atoms. The molecule has 4 rings (SSSR count). The number of aryl methyl sites for hydroxylation is 1. The molecule has 7 nitrogen and oxygen atoms in total. The van der Waals surface area contributed by atoms with Crippen LogP contribution in [0.2, 0.25) is 0 Å². The highest BCUT2D eigenvalue weighted by molar-refractivity contribution is 7.91. The monoisotopic (exact) mass is 433 g/mol. The molecule has 1 aliphatic rings. The Morgan fingerprint density at radius 2 is 2.07 bits per heavy atom. The molecule has 1 saturated heterocycles. The van der Waals surface area contributed by atoms with Crippen LogP contribution in [0.4, 0.5) is 10.2 Å². The van der Waals surface area contributed by atoms with E-state index >= 15 is 0 Å². The summed E-state index contributed by atoms with van der Waals surface area (Å²) in [4.78, 5) is 13.0. The summed E-state index contributed by atoms with van der Waals surface area (Å²) in [5.41, 5.74) is 1.01. The predicted octanol–water partition coefficient (Wildman–Crippen LogP) is 3.99. The number of benzene rings is 1. The molecule has 0 saturated carbocycles. The summed E-state index contributed by atoms with van der Waals surface area (Å²) in [5, 5.41) is 7.93. The van der Waals surface area contributed by atoms with Gasteiger partial charge in [-0.15, -0.1) is 0 Å². The maximum Gasteiger partial charge on any atom is 0.292 e. The van der Waals surface area contributed by atoms with E-state index in [1.807, 2.05) is 20.8 Å². The Bertz CT molecular complexity index is 1250. The lowest BCUT2D eigenvalue weighted by Gasteiger charge is -2.15. The van der Waals surface area contributed by atoms with E-state index in [0.717, 1.165) is 5.69 Å². The zero-order chi connectivity index (χ0) is 21.8. The molecule has 0 unspecified atom stereocenters. The van der Waals surface area contributed by atoms with Gasteiger partial charge in [-0.05, 0) is 19.4 Å².